The molecule has 2 aliphatic rings. The molecule has 144 valence electrons. The third-order valence-electron chi connectivity index (χ3n) is 4.10. The van der Waals surface area contributed by atoms with Gasteiger partial charge in [0.05, 0.1) is 17.0 Å². The van der Waals surface area contributed by atoms with Crippen LogP contribution in [0.4, 0.5) is 5.69 Å². The van der Waals surface area contributed by atoms with Crippen molar-refractivity contribution in [3.05, 3.63) is 47.5 Å². The lowest BCUT2D eigenvalue weighted by Gasteiger charge is -2.04. The van der Waals surface area contributed by atoms with Gasteiger partial charge < -0.3 is 14.8 Å². The number of fused-ring (bicyclic) bond motifs is 2. The van der Waals surface area contributed by atoms with Crippen molar-refractivity contribution >= 4 is 33.3 Å². The van der Waals surface area contributed by atoms with Gasteiger partial charge in [-0.1, -0.05) is 6.07 Å². The first-order valence-corrected chi connectivity index (χ1v) is 9.43. The molecule has 3 N–H and O–H groups in total. The average Bonchev–Trinajstić information content (AvgIpc) is 3.21. The fourth-order valence-electron chi connectivity index (χ4n) is 2.80. The predicted molar refractivity (Wildman–Crippen MR) is 95.8 cm³/mol. The molecule has 0 aromatic heterocycles. The zero-order chi connectivity index (χ0) is 19.9. The highest BCUT2D eigenvalue weighted by Crippen LogP contribution is 2.32. The van der Waals surface area contributed by atoms with Crippen LogP contribution in [-0.2, 0) is 26.1 Å². The maximum atomic E-state index is 12.2. The van der Waals surface area contributed by atoms with Gasteiger partial charge in [0.25, 0.3) is 16.0 Å². The summed E-state index contributed by atoms with van der Waals surface area (Å²) in [6.07, 6.45) is -0.0209. The van der Waals surface area contributed by atoms with E-state index in [1.807, 2.05) is 0 Å². The Bertz CT molecular complexity index is 1140. The predicted octanol–water partition coefficient (Wildman–Crippen LogP) is 0.677. The van der Waals surface area contributed by atoms with Crippen LogP contribution in [0.25, 0.3) is 0 Å². The first kappa shape index (κ1) is 17.9. The van der Waals surface area contributed by atoms with E-state index >= 15 is 0 Å². The molecular weight excluding hydrogens is 390 g/mol. The van der Waals surface area contributed by atoms with Gasteiger partial charge >= 0.3 is 0 Å². The topological polar surface area (TPSA) is 143 Å². The van der Waals surface area contributed by atoms with Crippen LogP contribution in [0.15, 0.2) is 46.4 Å². The number of carbonyl (C=O) groups is 2. The Balaban J connectivity index is 1.52. The SMILES string of the molecule is O=C(Cc1ccc2c(c1)OCO2)N/N=C1\C(=O)Nc2ccc(S(=O)(=O)O)cc21. The van der Waals surface area contributed by atoms with Gasteiger partial charge in [0.15, 0.2) is 17.2 Å². The minimum absolute atomic E-state index is 0.0209. The van der Waals surface area contributed by atoms with Crippen LogP contribution in [0.1, 0.15) is 11.1 Å². The number of rotatable bonds is 4. The lowest BCUT2D eigenvalue weighted by Crippen LogP contribution is -2.24. The highest BCUT2D eigenvalue weighted by molar-refractivity contribution is 7.85. The molecular formula is C17H13N3O7S. The first-order valence-electron chi connectivity index (χ1n) is 7.99. The summed E-state index contributed by atoms with van der Waals surface area (Å²) in [6.45, 7) is 0.124. The van der Waals surface area contributed by atoms with Crippen molar-refractivity contribution in [2.75, 3.05) is 12.1 Å². The third-order valence-corrected chi connectivity index (χ3v) is 4.95. The summed E-state index contributed by atoms with van der Waals surface area (Å²) in [5.41, 5.74) is 3.24. The summed E-state index contributed by atoms with van der Waals surface area (Å²) in [5.74, 6) is 0.0427. The van der Waals surface area contributed by atoms with Gasteiger partial charge in [0.2, 0.25) is 12.7 Å². The number of anilines is 1. The molecule has 0 spiro atoms. The number of ether oxygens (including phenoxy) is 2. The minimum atomic E-state index is -4.45. The van der Waals surface area contributed by atoms with E-state index in [9.17, 15) is 18.0 Å². The second kappa shape index (κ2) is 6.62. The molecule has 0 saturated heterocycles. The van der Waals surface area contributed by atoms with Gasteiger partial charge in [-0.2, -0.15) is 13.5 Å². The van der Waals surface area contributed by atoms with Crippen LogP contribution < -0.4 is 20.2 Å². The molecule has 0 bridgehead atoms. The van der Waals surface area contributed by atoms with Crippen LogP contribution in [-0.4, -0.2) is 37.3 Å². The molecule has 0 fully saturated rings. The minimum Gasteiger partial charge on any atom is -0.454 e. The van der Waals surface area contributed by atoms with Crippen LogP contribution in [0.5, 0.6) is 11.5 Å². The molecule has 4 rings (SSSR count). The Hall–Kier alpha value is -3.44. The molecule has 2 amide bonds. The number of hydrogen-bond donors (Lipinski definition) is 3. The van der Waals surface area contributed by atoms with Crippen LogP contribution in [0, 0.1) is 0 Å². The van der Waals surface area contributed by atoms with E-state index in [-0.39, 0.29) is 29.4 Å². The summed E-state index contributed by atoms with van der Waals surface area (Å²) < 4.78 is 42.2. The molecule has 0 radical (unpaired) electrons. The maximum Gasteiger partial charge on any atom is 0.294 e. The summed E-state index contributed by atoms with van der Waals surface area (Å²) >= 11 is 0. The zero-order valence-corrected chi connectivity index (χ0v) is 14.9. The quantitative estimate of drug-likeness (QED) is 0.503. The molecule has 2 aromatic rings. The van der Waals surface area contributed by atoms with Crippen LogP contribution in [0.3, 0.4) is 0 Å². The number of nitrogens with zero attached hydrogens (tertiary/aromatic N) is 1. The Morgan fingerprint density at radius 2 is 1.96 bits per heavy atom. The van der Waals surface area contributed by atoms with E-state index in [1.165, 1.54) is 6.07 Å². The number of carbonyl (C=O) groups excluding carboxylic acids is 2. The van der Waals surface area contributed by atoms with Crippen molar-refractivity contribution in [3.63, 3.8) is 0 Å². The average molecular weight is 403 g/mol. The smallest absolute Gasteiger partial charge is 0.294 e. The van der Waals surface area contributed by atoms with E-state index in [0.29, 0.717) is 22.7 Å². The Morgan fingerprint density at radius 3 is 2.75 bits per heavy atom. The van der Waals surface area contributed by atoms with Crippen molar-refractivity contribution < 1.29 is 32.0 Å². The lowest BCUT2D eigenvalue weighted by molar-refractivity contribution is -0.120. The molecule has 11 heteroatoms. The molecule has 2 aromatic carbocycles. The van der Waals surface area contributed by atoms with Crippen molar-refractivity contribution in [2.45, 2.75) is 11.3 Å². The summed E-state index contributed by atoms with van der Waals surface area (Å²) in [4.78, 5) is 23.8. The number of hydrogen-bond acceptors (Lipinski definition) is 7. The number of hydrazone groups is 1. The number of amides is 2. The fourth-order valence-corrected chi connectivity index (χ4v) is 3.30. The second-order valence-corrected chi connectivity index (χ2v) is 7.42. The molecule has 28 heavy (non-hydrogen) atoms. The highest BCUT2D eigenvalue weighted by Gasteiger charge is 2.28. The van der Waals surface area contributed by atoms with Crippen LogP contribution in [0.2, 0.25) is 0 Å². The summed E-state index contributed by atoms with van der Waals surface area (Å²) in [6, 6.07) is 8.64. The van der Waals surface area contributed by atoms with E-state index in [1.54, 1.807) is 18.2 Å². The summed E-state index contributed by atoms with van der Waals surface area (Å²) in [5, 5.41) is 6.31. The first-order chi connectivity index (χ1) is 13.3. The third kappa shape index (κ3) is 3.40. The van der Waals surface area contributed by atoms with E-state index < -0.39 is 21.9 Å². The van der Waals surface area contributed by atoms with Gasteiger partial charge in [0, 0.05) is 5.56 Å². The van der Waals surface area contributed by atoms with Gasteiger partial charge in [-0.15, -0.1) is 0 Å². The molecule has 10 nitrogen and oxygen atoms in total. The van der Waals surface area contributed by atoms with Gasteiger partial charge in [-0.25, -0.2) is 5.43 Å². The summed E-state index contributed by atoms with van der Waals surface area (Å²) in [7, 11) is -4.45. The largest absolute Gasteiger partial charge is 0.454 e. The Morgan fingerprint density at radius 1 is 1.18 bits per heavy atom. The lowest BCUT2D eigenvalue weighted by atomic mass is 10.1. The Kier molecular flexibility index (Phi) is 4.24. The molecule has 0 unspecified atom stereocenters. The highest BCUT2D eigenvalue weighted by atomic mass is 32.2. The van der Waals surface area contributed by atoms with Gasteiger partial charge in [-0.05, 0) is 35.9 Å². The van der Waals surface area contributed by atoms with Crippen LogP contribution >= 0.6 is 0 Å². The molecule has 2 aliphatic heterocycles. The van der Waals surface area contributed by atoms with E-state index in [0.717, 1.165) is 12.1 Å². The monoisotopic (exact) mass is 403 g/mol. The van der Waals surface area contributed by atoms with Gasteiger partial charge in [0.1, 0.15) is 0 Å². The Labute approximate surface area is 158 Å². The fraction of sp³-hybridized carbons (Fsp3) is 0.118. The number of nitrogens with one attached hydrogen (secondary N) is 2. The second-order valence-electron chi connectivity index (χ2n) is 6.00. The van der Waals surface area contributed by atoms with E-state index in [4.69, 9.17) is 14.0 Å². The van der Waals surface area contributed by atoms with Crippen molar-refractivity contribution in [1.29, 1.82) is 0 Å². The van der Waals surface area contributed by atoms with Crippen molar-refractivity contribution in [2.24, 2.45) is 5.10 Å². The standard InChI is InChI=1S/C17H13N3O7S/c21-15(6-9-1-4-13-14(5-9)27-8-26-13)19-20-16-11-7-10(28(23,24)25)2-3-12(11)18-17(16)22/h1-5,7H,6,8H2,(H,19,21)(H,18,20,22)(H,23,24,25). The van der Waals surface area contributed by atoms with Crippen molar-refractivity contribution in [1.82, 2.24) is 5.43 Å². The van der Waals surface area contributed by atoms with Crippen molar-refractivity contribution in [3.8, 4) is 11.5 Å². The molecule has 0 saturated carbocycles. The molecule has 2 heterocycles. The van der Waals surface area contributed by atoms with E-state index in [2.05, 4.69) is 15.8 Å². The molecule has 0 aliphatic carbocycles. The van der Waals surface area contributed by atoms with Gasteiger partial charge in [-0.3, -0.25) is 14.1 Å². The maximum absolute atomic E-state index is 12.2. The normalized spacial score (nSPS) is 16.0. The molecule has 0 atom stereocenters. The number of benzene rings is 2. The zero-order valence-electron chi connectivity index (χ0n) is 14.1.